The van der Waals surface area contributed by atoms with Crippen LogP contribution in [0.3, 0.4) is 0 Å². The number of rotatable bonds is 7. The number of hydrogen-bond donors (Lipinski definition) is 4. The largest absolute Gasteiger partial charge is 0.352 e. The minimum atomic E-state index is -0.683. The zero-order valence-corrected chi connectivity index (χ0v) is 28.5. The second-order valence-corrected chi connectivity index (χ2v) is 15.6. The Labute approximate surface area is 281 Å². The molecule has 2 aliphatic rings. The van der Waals surface area contributed by atoms with Crippen molar-refractivity contribution in [2.45, 2.75) is 79.2 Å². The molecule has 2 fully saturated rings. The van der Waals surface area contributed by atoms with Crippen LogP contribution in [0.5, 0.6) is 0 Å². The van der Waals surface area contributed by atoms with Gasteiger partial charge in [0.2, 0.25) is 17.7 Å². The van der Waals surface area contributed by atoms with Crippen LogP contribution in [-0.2, 0) is 26.3 Å². The van der Waals surface area contributed by atoms with Crippen LogP contribution >= 0.6 is 0 Å². The van der Waals surface area contributed by atoms with Crippen molar-refractivity contribution < 1.29 is 19.2 Å². The van der Waals surface area contributed by atoms with Gasteiger partial charge in [-0.1, -0.05) is 90.1 Å². The second kappa shape index (κ2) is 11.9. The highest BCUT2D eigenvalue weighted by Gasteiger charge is 2.59. The molecule has 4 aromatic rings. The van der Waals surface area contributed by atoms with Gasteiger partial charge in [0, 0.05) is 40.7 Å². The zero-order chi connectivity index (χ0) is 34.5. The van der Waals surface area contributed by atoms with Crippen molar-refractivity contribution in [1.82, 2.24) is 20.4 Å². The highest BCUT2D eigenvalue weighted by atomic mass is 16.2. The van der Waals surface area contributed by atoms with E-state index in [0.717, 1.165) is 27.7 Å². The fourth-order valence-electron chi connectivity index (χ4n) is 7.87. The molecular weight excluding hydrogens is 604 g/mol. The van der Waals surface area contributed by atoms with Crippen LogP contribution in [-0.4, -0.2) is 33.5 Å². The van der Waals surface area contributed by atoms with Crippen molar-refractivity contribution in [3.8, 4) is 5.69 Å². The average Bonchev–Trinajstić information content (AvgIpc) is 3.43. The van der Waals surface area contributed by atoms with Crippen LogP contribution in [0.4, 0.5) is 16.3 Å². The zero-order valence-electron chi connectivity index (χ0n) is 28.5. The third-order valence-corrected chi connectivity index (χ3v) is 9.73. The molecule has 1 aromatic heterocycles. The lowest BCUT2D eigenvalue weighted by molar-refractivity contribution is -0.162. The molecule has 2 heterocycles. The summed E-state index contributed by atoms with van der Waals surface area (Å²) in [5.41, 5.74) is 0.971. The summed E-state index contributed by atoms with van der Waals surface area (Å²) < 4.78 is 1.71. The topological polar surface area (TPSA) is 134 Å². The molecule has 2 atom stereocenters. The van der Waals surface area contributed by atoms with Crippen molar-refractivity contribution in [3.05, 3.63) is 84.1 Å². The van der Waals surface area contributed by atoms with E-state index in [1.807, 2.05) is 93.6 Å². The molecule has 1 saturated heterocycles. The fraction of sp³-hybridized carbons (Fsp3) is 0.395. The molecule has 1 saturated carbocycles. The normalized spacial score (nSPS) is 23.8. The predicted molar refractivity (Wildman–Crippen MR) is 187 cm³/mol. The van der Waals surface area contributed by atoms with Crippen molar-refractivity contribution in [2.24, 2.45) is 16.2 Å². The van der Waals surface area contributed by atoms with Gasteiger partial charge in [0.1, 0.15) is 5.82 Å². The first kappa shape index (κ1) is 32.9. The highest BCUT2D eigenvalue weighted by molar-refractivity contribution is 6.06. The van der Waals surface area contributed by atoms with Gasteiger partial charge in [-0.2, -0.15) is 5.10 Å². The van der Waals surface area contributed by atoms with Crippen molar-refractivity contribution >= 4 is 46.0 Å². The summed E-state index contributed by atoms with van der Waals surface area (Å²) in [5.74, 6) is -0.123. The predicted octanol–water partition coefficient (Wildman–Crippen LogP) is 6.83. The Hall–Kier alpha value is -4.99. The Morgan fingerprint density at radius 3 is 2.23 bits per heavy atom. The van der Waals surface area contributed by atoms with Crippen molar-refractivity contribution in [1.29, 1.82) is 0 Å². The molecule has 1 aliphatic heterocycles. The number of piperidine rings is 1. The molecular formula is C38H44N6O4. The Kier molecular flexibility index (Phi) is 8.17. The van der Waals surface area contributed by atoms with Gasteiger partial charge in [-0.25, -0.2) is 9.48 Å². The Bertz CT molecular complexity index is 1910. The van der Waals surface area contributed by atoms with Crippen LogP contribution < -0.4 is 21.3 Å². The first-order chi connectivity index (χ1) is 22.6. The maximum absolute atomic E-state index is 13.3. The molecule has 250 valence electrons. The van der Waals surface area contributed by atoms with E-state index < -0.39 is 22.3 Å². The van der Waals surface area contributed by atoms with Gasteiger partial charge < -0.3 is 10.6 Å². The summed E-state index contributed by atoms with van der Waals surface area (Å²) >= 11 is 0. The fourth-order valence-corrected chi connectivity index (χ4v) is 7.87. The summed E-state index contributed by atoms with van der Waals surface area (Å²) in [6, 6.07) is 22.8. The number of carbonyl (C=O) groups excluding carboxylic acids is 4. The lowest BCUT2D eigenvalue weighted by Gasteiger charge is -2.54. The number of amides is 5. The highest BCUT2D eigenvalue weighted by Crippen LogP contribution is 2.57. The number of urea groups is 1. The van der Waals surface area contributed by atoms with Gasteiger partial charge in [0.15, 0.2) is 0 Å². The number of imide groups is 1. The third-order valence-electron chi connectivity index (χ3n) is 9.73. The standard InChI is InChI=1S/C38H44N6O4/c1-35(2,3)29-18-30(41-34(48)40-28-16-10-13-25-12-7-8-15-27(25)28)44(43-29)26-14-9-11-24(17-26)20-39-31(45)19-36(4)21-37(5)23-38(6,22-36)33(47)42-32(37)46/h7-18H,19-23H2,1-6H3,(H,39,45)(H2,40,41,48)(H,42,46,47). The van der Waals surface area contributed by atoms with Crippen LogP contribution in [0.1, 0.15) is 78.5 Å². The first-order valence-electron chi connectivity index (χ1n) is 16.4. The minimum absolute atomic E-state index is 0.135. The van der Waals surface area contributed by atoms with Gasteiger partial charge in [-0.15, -0.1) is 0 Å². The molecule has 10 nitrogen and oxygen atoms in total. The van der Waals surface area contributed by atoms with E-state index in [1.165, 1.54) is 0 Å². The molecule has 1 aliphatic carbocycles. The van der Waals surface area contributed by atoms with Crippen molar-refractivity contribution in [2.75, 3.05) is 10.6 Å². The first-order valence-corrected chi connectivity index (χ1v) is 16.4. The smallest absolute Gasteiger partial charge is 0.324 e. The van der Waals surface area contributed by atoms with Crippen LogP contribution in [0.2, 0.25) is 0 Å². The Morgan fingerprint density at radius 2 is 1.52 bits per heavy atom. The molecule has 6 rings (SSSR count). The third kappa shape index (κ3) is 6.56. The number of aromatic nitrogens is 2. The van der Waals surface area contributed by atoms with Gasteiger partial charge >= 0.3 is 6.03 Å². The summed E-state index contributed by atoms with van der Waals surface area (Å²) in [5, 5.41) is 18.4. The average molecular weight is 649 g/mol. The number of hydrogen-bond acceptors (Lipinski definition) is 5. The Morgan fingerprint density at radius 1 is 0.854 bits per heavy atom. The van der Waals surface area contributed by atoms with Crippen LogP contribution in [0.15, 0.2) is 72.8 Å². The van der Waals surface area contributed by atoms with E-state index in [2.05, 4.69) is 42.0 Å². The number of benzene rings is 3. The van der Waals surface area contributed by atoms with E-state index in [4.69, 9.17) is 5.10 Å². The number of carbonyl (C=O) groups is 4. The molecule has 5 amide bonds. The molecule has 48 heavy (non-hydrogen) atoms. The second-order valence-electron chi connectivity index (χ2n) is 15.6. The number of nitrogens with zero attached hydrogens (tertiary/aromatic N) is 2. The van der Waals surface area contributed by atoms with Crippen LogP contribution in [0, 0.1) is 16.2 Å². The summed E-state index contributed by atoms with van der Waals surface area (Å²) in [4.78, 5) is 52.0. The maximum Gasteiger partial charge on any atom is 0.324 e. The summed E-state index contributed by atoms with van der Waals surface area (Å²) in [6.45, 7) is 12.3. The summed E-state index contributed by atoms with van der Waals surface area (Å²) in [6.07, 6.45) is 1.79. The van der Waals surface area contributed by atoms with E-state index in [9.17, 15) is 19.2 Å². The SMILES string of the molecule is CC1(CC(=O)NCc2cccc(-n3nc(C(C)(C)C)cc3NC(=O)Nc3cccc4ccccc34)c2)CC2(C)CC(C)(C1)C(=O)NC2=O. The van der Waals surface area contributed by atoms with E-state index in [0.29, 0.717) is 30.8 Å². The van der Waals surface area contributed by atoms with E-state index in [-0.39, 0.29) is 36.1 Å². The van der Waals surface area contributed by atoms with Crippen LogP contribution in [0.25, 0.3) is 16.5 Å². The van der Waals surface area contributed by atoms with Gasteiger partial charge in [-0.05, 0) is 53.8 Å². The number of nitrogens with one attached hydrogen (secondary N) is 4. The van der Waals surface area contributed by atoms with Gasteiger partial charge in [0.25, 0.3) is 0 Å². The van der Waals surface area contributed by atoms with Gasteiger partial charge in [-0.3, -0.25) is 25.0 Å². The number of fused-ring (bicyclic) bond motifs is 3. The summed E-state index contributed by atoms with van der Waals surface area (Å²) in [7, 11) is 0. The monoisotopic (exact) mass is 648 g/mol. The Balaban J connectivity index is 1.17. The number of anilines is 2. The molecule has 2 bridgehead atoms. The molecule has 3 aromatic carbocycles. The minimum Gasteiger partial charge on any atom is -0.352 e. The lowest BCUT2D eigenvalue weighted by Crippen LogP contribution is -2.62. The molecule has 0 radical (unpaired) electrons. The quantitative estimate of drug-likeness (QED) is 0.163. The van der Waals surface area contributed by atoms with E-state index >= 15 is 0 Å². The molecule has 0 spiro atoms. The molecule has 10 heteroatoms. The maximum atomic E-state index is 13.3. The van der Waals surface area contributed by atoms with Gasteiger partial charge in [0.05, 0.1) is 17.1 Å². The van der Waals surface area contributed by atoms with Crippen molar-refractivity contribution in [3.63, 3.8) is 0 Å². The van der Waals surface area contributed by atoms with E-state index in [1.54, 1.807) is 4.68 Å². The molecule has 4 N–H and O–H groups in total. The molecule has 2 unspecified atom stereocenters. The lowest BCUT2D eigenvalue weighted by atomic mass is 9.51.